The molecule has 0 spiro atoms. The van der Waals surface area contributed by atoms with Gasteiger partial charge in [-0.25, -0.2) is 0 Å². The minimum Gasteiger partial charge on any atom is -0.493 e. The first-order valence-electron chi connectivity index (χ1n) is 44.0. The second-order valence-electron chi connectivity index (χ2n) is 33.3. The number of benzene rings is 5. The van der Waals surface area contributed by atoms with Crippen molar-refractivity contribution < 1.29 is 71.6 Å². The average molecular weight is 1680 g/mol. The smallest absolute Gasteiger partial charge is 0.255 e. The largest absolute Gasteiger partial charge is 0.493 e. The zero-order chi connectivity index (χ0) is 88.9. The van der Waals surface area contributed by atoms with E-state index < -0.39 is 89.3 Å². The van der Waals surface area contributed by atoms with E-state index in [2.05, 4.69) is 68.6 Å². The highest BCUT2D eigenvalue weighted by Gasteiger charge is 2.32. The van der Waals surface area contributed by atoms with Gasteiger partial charge in [-0.15, -0.1) is 0 Å². The summed E-state index contributed by atoms with van der Waals surface area (Å²) >= 11 is 0. The summed E-state index contributed by atoms with van der Waals surface area (Å²) < 4.78 is 30.9. The molecule has 5 aromatic carbocycles. The van der Waals surface area contributed by atoms with E-state index in [0.717, 1.165) is 96.3 Å². The number of nitrogens with two attached hydrogens (primary N) is 4. The Morgan fingerprint density at radius 2 is 0.504 bits per heavy atom. The Balaban J connectivity index is 1.45. The molecule has 0 saturated carbocycles. The average Bonchev–Trinajstić information content (AvgIpc) is 0.826. The van der Waals surface area contributed by atoms with Crippen LogP contribution in [0.4, 0.5) is 28.4 Å². The first-order valence-corrected chi connectivity index (χ1v) is 44.0. The van der Waals surface area contributed by atoms with E-state index in [-0.39, 0.29) is 154 Å². The summed E-state index contributed by atoms with van der Waals surface area (Å²) in [5.41, 5.74) is 24.9. The number of carbonyl (C=O) groups excluding carboxylic acids is 10. The summed E-state index contributed by atoms with van der Waals surface area (Å²) in [5, 5.41) is 26.1. The molecule has 10 amide bonds. The predicted octanol–water partition coefficient (Wildman–Crippen LogP) is 15.1. The predicted molar refractivity (Wildman–Crippen MR) is 480 cm³/mol. The normalized spacial score (nSPS) is 12.5. The lowest BCUT2D eigenvalue weighted by Crippen LogP contribution is -2.45. The summed E-state index contributed by atoms with van der Waals surface area (Å²) in [4.78, 5) is 144. The van der Waals surface area contributed by atoms with E-state index in [9.17, 15) is 43.2 Å². The molecule has 0 aliphatic heterocycles. The minimum absolute atomic E-state index is 0.00507. The Hall–Kier alpha value is -10.3. The standard InChI is InChI=1S/C93H141N13O15/c1-14-17-20-27-44-117-79-37-32-64(54-69(79)84(97)107)99-90(113)75(50-60(6)7)103-87(110)72-57-67(35-40-82(72)120-47-30-23-25-42-94)102-92(115)77(52-62(10)11)105-86(109)71-56-66(34-39-81(71)119-46-29-22-19-16-3)100-93(116)78(53-63(12)13)106-88(111)73-58-68(36-41-83(73)121-48-31-24-26-43-95)101-91(114)76(51-61(8)9)104-85(108)70-55-65(98-89(112)74(96)49-59(4)5)33-38-80(70)118-45-28-21-18-15-2/h32-41,54-63,74-78H,14-31,42-53,94-96H2,1-13H3,(H2,97,107)(H,98,112)(H,99,113)(H,100,116)(H,101,114)(H,102,115)(H,103,110)(H,104,108)(H,105,109)(H,106,111)/t74-,75-,76+,77+,78-/m0/s1. The highest BCUT2D eigenvalue weighted by atomic mass is 16.5. The highest BCUT2D eigenvalue weighted by Crippen LogP contribution is 2.32. The fourth-order valence-corrected chi connectivity index (χ4v) is 13.4. The molecule has 28 nitrogen and oxygen atoms in total. The van der Waals surface area contributed by atoms with Crippen LogP contribution in [0.2, 0.25) is 0 Å². The number of rotatable bonds is 59. The van der Waals surface area contributed by atoms with Gasteiger partial charge in [0.1, 0.15) is 52.9 Å². The number of hydrogen-bond donors (Lipinski definition) is 13. The Morgan fingerprint density at radius 3 is 0.719 bits per heavy atom. The van der Waals surface area contributed by atoms with E-state index >= 15 is 4.79 Å². The SMILES string of the molecule is CCCCCCOc1ccc(NC(=O)[C@H](CC(C)C)NC(=O)c2cc(NC(=O)[C@@H](CC(C)C)NC(=O)c3cc(NC(=O)[C@H](CC(C)C)NC(=O)c4cc(NC(=O)[C@@H](CC(C)C)NC(=O)c5cc(NC(=O)[C@@H](N)CC(C)C)ccc5OCCCCCC)ccc4OCCCCCN)ccc3OCCCCCC)ccc2OCCCCCN)cc1C(N)=O. The minimum atomic E-state index is -1.19. The number of carbonyl (C=O) groups is 10. The molecule has 0 aliphatic rings. The molecule has 668 valence electrons. The Morgan fingerprint density at radius 1 is 0.289 bits per heavy atom. The fraction of sp³-hybridized carbons (Fsp3) is 0.570. The zero-order valence-electron chi connectivity index (χ0n) is 74.1. The molecule has 0 radical (unpaired) electrons. The van der Waals surface area contributed by atoms with E-state index in [1.165, 1.54) is 30.3 Å². The fourth-order valence-electron chi connectivity index (χ4n) is 13.4. The molecule has 0 fully saturated rings. The van der Waals surface area contributed by atoms with Crippen molar-refractivity contribution in [1.29, 1.82) is 0 Å². The van der Waals surface area contributed by atoms with Crippen molar-refractivity contribution in [3.63, 3.8) is 0 Å². The molecule has 0 unspecified atom stereocenters. The second-order valence-corrected chi connectivity index (χ2v) is 33.3. The van der Waals surface area contributed by atoms with Crippen molar-refractivity contribution in [2.24, 2.45) is 52.5 Å². The maximum Gasteiger partial charge on any atom is 0.255 e. The molecule has 0 bridgehead atoms. The van der Waals surface area contributed by atoms with Gasteiger partial charge in [-0.2, -0.15) is 0 Å². The van der Waals surface area contributed by atoms with E-state index in [4.69, 9.17) is 46.6 Å². The van der Waals surface area contributed by atoms with Crippen molar-refractivity contribution in [2.45, 2.75) is 268 Å². The first-order chi connectivity index (χ1) is 57.9. The number of nitrogens with one attached hydrogen (secondary N) is 9. The van der Waals surface area contributed by atoms with Crippen LogP contribution in [0.3, 0.4) is 0 Å². The van der Waals surface area contributed by atoms with Crippen molar-refractivity contribution in [2.75, 3.05) is 72.7 Å². The summed E-state index contributed by atoms with van der Waals surface area (Å²) in [5.74, 6) is -5.58. The maximum absolute atomic E-state index is 15.0. The number of hydrogen-bond acceptors (Lipinski definition) is 18. The molecule has 28 heteroatoms. The summed E-state index contributed by atoms with van der Waals surface area (Å²) in [6.07, 6.45) is 16.4. The molecule has 121 heavy (non-hydrogen) atoms. The molecule has 0 saturated heterocycles. The molecule has 17 N–H and O–H groups in total. The quantitative estimate of drug-likeness (QED) is 0.0161. The van der Waals surface area contributed by atoms with E-state index in [1.54, 1.807) is 60.7 Å². The molecule has 5 aromatic rings. The Labute approximate surface area is 717 Å². The van der Waals surface area contributed by atoms with Gasteiger partial charge in [0.25, 0.3) is 29.5 Å². The van der Waals surface area contributed by atoms with Crippen LogP contribution in [-0.2, 0) is 24.0 Å². The second kappa shape index (κ2) is 54.9. The number of amides is 10. The van der Waals surface area contributed by atoms with Crippen LogP contribution < -0.4 is 94.5 Å². The van der Waals surface area contributed by atoms with Gasteiger partial charge in [0.05, 0.1) is 66.9 Å². The number of primary amides is 1. The number of unbranched alkanes of at least 4 members (excludes halogenated alkanes) is 13. The molecule has 0 aliphatic carbocycles. The van der Waals surface area contributed by atoms with Crippen LogP contribution in [0.15, 0.2) is 91.0 Å². The van der Waals surface area contributed by atoms with Gasteiger partial charge in [0.2, 0.25) is 29.5 Å². The van der Waals surface area contributed by atoms with Gasteiger partial charge in [0.15, 0.2) is 0 Å². The summed E-state index contributed by atoms with van der Waals surface area (Å²) in [6.45, 7) is 27.8. The van der Waals surface area contributed by atoms with Gasteiger partial charge < -0.3 is 94.5 Å². The maximum atomic E-state index is 15.0. The molecular formula is C93H141N13O15. The highest BCUT2D eigenvalue weighted by molar-refractivity contribution is 6.09. The molecule has 0 heterocycles. The monoisotopic (exact) mass is 1680 g/mol. The lowest BCUT2D eigenvalue weighted by atomic mass is 10.0. The molecule has 5 rings (SSSR count). The van der Waals surface area contributed by atoms with E-state index in [1.807, 2.05) is 69.2 Å². The van der Waals surface area contributed by atoms with Crippen LogP contribution in [-0.4, -0.2) is 135 Å². The zero-order valence-corrected chi connectivity index (χ0v) is 74.1. The van der Waals surface area contributed by atoms with Gasteiger partial charge >= 0.3 is 0 Å². The van der Waals surface area contributed by atoms with Crippen LogP contribution in [0.25, 0.3) is 0 Å². The van der Waals surface area contributed by atoms with E-state index in [0.29, 0.717) is 57.7 Å². The summed E-state index contributed by atoms with van der Waals surface area (Å²) in [7, 11) is 0. The first kappa shape index (κ1) is 101. The topological polar surface area (TPSA) is 429 Å². The molecule has 0 aromatic heterocycles. The van der Waals surface area contributed by atoms with Crippen molar-refractivity contribution in [3.05, 3.63) is 119 Å². The molecular weight excluding hydrogens is 1540 g/mol. The van der Waals surface area contributed by atoms with Crippen molar-refractivity contribution in [1.82, 2.24) is 21.3 Å². The third kappa shape index (κ3) is 36.9. The lowest BCUT2D eigenvalue weighted by Gasteiger charge is -2.23. The number of anilines is 5. The van der Waals surface area contributed by atoms with Gasteiger partial charge in [-0.05, 0) is 224 Å². The van der Waals surface area contributed by atoms with Crippen LogP contribution >= 0.6 is 0 Å². The van der Waals surface area contributed by atoms with Gasteiger partial charge in [0, 0.05) is 28.4 Å². The van der Waals surface area contributed by atoms with Crippen molar-refractivity contribution >= 4 is 87.5 Å². The van der Waals surface area contributed by atoms with Crippen molar-refractivity contribution in [3.8, 4) is 28.7 Å². The molecule has 5 atom stereocenters. The summed E-state index contributed by atoms with van der Waals surface area (Å²) in [6, 6.07) is 17.7. The van der Waals surface area contributed by atoms with Gasteiger partial charge in [-0.3, -0.25) is 47.9 Å². The van der Waals surface area contributed by atoms with Gasteiger partial charge in [-0.1, -0.05) is 148 Å². The Bertz CT molecular complexity index is 4110. The third-order valence-electron chi connectivity index (χ3n) is 19.8. The lowest BCUT2D eigenvalue weighted by molar-refractivity contribution is -0.119. The van der Waals surface area contributed by atoms with Crippen LogP contribution in [0.1, 0.15) is 289 Å². The third-order valence-corrected chi connectivity index (χ3v) is 19.8. The van der Waals surface area contributed by atoms with Crippen LogP contribution in [0.5, 0.6) is 28.7 Å². The van der Waals surface area contributed by atoms with Crippen LogP contribution in [0, 0.1) is 29.6 Å². The Kier molecular flexibility index (Phi) is 45.9. The number of ether oxygens (including phenoxy) is 5.